The molecule has 2 aliphatic rings. The number of nitrogens with zero attached hydrogens (tertiary/aromatic N) is 2. The molecule has 8 aromatic carbocycles. The normalized spacial score (nSPS) is 13.7. The van der Waals surface area contributed by atoms with Crippen molar-refractivity contribution >= 4 is 28.4 Å². The van der Waals surface area contributed by atoms with Crippen LogP contribution in [0.2, 0.25) is 0 Å². The first-order chi connectivity index (χ1) is 28.3. The Morgan fingerprint density at radius 3 is 1.68 bits per heavy atom. The van der Waals surface area contributed by atoms with Gasteiger partial charge in [0.1, 0.15) is 0 Å². The molecule has 2 nitrogen and oxygen atoms in total. The molecule has 11 rings (SSSR count). The average molecular weight is 729 g/mol. The smallest absolute Gasteiger partial charge is 0.0734 e. The number of benzene rings is 8. The quantitative estimate of drug-likeness (QED) is 0.159. The van der Waals surface area contributed by atoms with Crippen molar-refractivity contribution < 1.29 is 0 Å². The Labute approximate surface area is 334 Å². The lowest BCUT2D eigenvalue weighted by Gasteiger charge is -2.35. The van der Waals surface area contributed by atoms with Gasteiger partial charge in [-0.05, 0) is 99.8 Å². The maximum Gasteiger partial charge on any atom is 0.0734 e. The van der Waals surface area contributed by atoms with E-state index in [4.69, 9.17) is 0 Å². The van der Waals surface area contributed by atoms with Crippen LogP contribution in [0.4, 0.5) is 11.4 Å². The van der Waals surface area contributed by atoms with Gasteiger partial charge in [-0.25, -0.2) is 0 Å². The van der Waals surface area contributed by atoms with Crippen molar-refractivity contribution in [1.82, 2.24) is 4.57 Å². The lowest BCUT2D eigenvalue weighted by molar-refractivity contribution is 0.767. The van der Waals surface area contributed by atoms with Crippen LogP contribution in [-0.2, 0) is 11.8 Å². The molecule has 0 amide bonds. The van der Waals surface area contributed by atoms with Crippen molar-refractivity contribution in [3.63, 3.8) is 0 Å². The standard InChI is InChI=1S/C55H40N2/c1-5-19-39(20-6-1)40-21-17-28-44(37-40)56(42-24-9-3-10-25-42)45-35-36-53-49(38-45)48-31-18-34-52(54(48)57(53)43-26-11-4-12-27-43)55(41-22-7-2-8-23-41)50-32-15-13-29-46(50)47-30-14-16-33-51(47)55/h1-34,37-38H,35-36H2. The van der Waals surface area contributed by atoms with Crippen molar-refractivity contribution in [2.45, 2.75) is 18.3 Å². The molecule has 0 saturated carbocycles. The molecule has 0 unspecified atom stereocenters. The largest absolute Gasteiger partial charge is 0.314 e. The molecular weight excluding hydrogens is 689 g/mol. The molecule has 0 aliphatic heterocycles. The van der Waals surface area contributed by atoms with E-state index in [0.29, 0.717) is 0 Å². The molecule has 0 N–H and O–H groups in total. The van der Waals surface area contributed by atoms with E-state index in [1.54, 1.807) is 0 Å². The van der Waals surface area contributed by atoms with Crippen LogP contribution in [0, 0.1) is 0 Å². The molecule has 0 radical (unpaired) electrons. The number of allylic oxidation sites excluding steroid dienone is 1. The predicted octanol–water partition coefficient (Wildman–Crippen LogP) is 13.8. The summed E-state index contributed by atoms with van der Waals surface area (Å²) in [6.07, 6.45) is 4.28. The van der Waals surface area contributed by atoms with Gasteiger partial charge in [-0.1, -0.05) is 176 Å². The maximum absolute atomic E-state index is 2.59. The van der Waals surface area contributed by atoms with Crippen molar-refractivity contribution in [3.8, 4) is 27.9 Å². The molecule has 270 valence electrons. The number of fused-ring (bicyclic) bond motifs is 6. The van der Waals surface area contributed by atoms with Gasteiger partial charge < -0.3 is 9.47 Å². The Balaban J connectivity index is 1.20. The van der Waals surface area contributed by atoms with Crippen LogP contribution in [0.3, 0.4) is 0 Å². The van der Waals surface area contributed by atoms with E-state index in [1.807, 2.05) is 0 Å². The molecule has 0 atom stereocenters. The predicted molar refractivity (Wildman–Crippen MR) is 237 cm³/mol. The van der Waals surface area contributed by atoms with E-state index in [-0.39, 0.29) is 0 Å². The molecule has 57 heavy (non-hydrogen) atoms. The van der Waals surface area contributed by atoms with Gasteiger partial charge in [0, 0.05) is 39.4 Å². The van der Waals surface area contributed by atoms with Gasteiger partial charge in [0.15, 0.2) is 0 Å². The van der Waals surface area contributed by atoms with Crippen LogP contribution >= 0.6 is 0 Å². The fourth-order valence-corrected chi connectivity index (χ4v) is 9.84. The minimum Gasteiger partial charge on any atom is -0.314 e. The van der Waals surface area contributed by atoms with Crippen LogP contribution in [-0.4, -0.2) is 4.57 Å². The molecule has 1 aromatic heterocycles. The zero-order valence-electron chi connectivity index (χ0n) is 31.6. The summed E-state index contributed by atoms with van der Waals surface area (Å²) in [6, 6.07) is 77.9. The summed E-state index contributed by atoms with van der Waals surface area (Å²) in [7, 11) is 0. The third-order valence-electron chi connectivity index (χ3n) is 12.2. The maximum atomic E-state index is 2.59. The lowest BCUT2D eigenvalue weighted by Crippen LogP contribution is -2.29. The minimum atomic E-state index is -0.526. The topological polar surface area (TPSA) is 8.17 Å². The fourth-order valence-electron chi connectivity index (χ4n) is 9.84. The molecule has 0 spiro atoms. The Kier molecular flexibility index (Phi) is 7.89. The van der Waals surface area contributed by atoms with Crippen molar-refractivity contribution in [2.75, 3.05) is 4.90 Å². The van der Waals surface area contributed by atoms with Crippen LogP contribution in [0.1, 0.15) is 39.9 Å². The van der Waals surface area contributed by atoms with E-state index in [9.17, 15) is 0 Å². The second-order valence-electron chi connectivity index (χ2n) is 15.2. The highest BCUT2D eigenvalue weighted by Crippen LogP contribution is 2.58. The summed E-state index contributed by atoms with van der Waals surface area (Å²) < 4.78 is 2.59. The number of anilines is 2. The number of aromatic nitrogens is 1. The van der Waals surface area contributed by atoms with Gasteiger partial charge in [0.2, 0.25) is 0 Å². The molecule has 0 saturated heterocycles. The number of hydrogen-bond donors (Lipinski definition) is 0. The zero-order chi connectivity index (χ0) is 37.8. The molecule has 2 aliphatic carbocycles. The molecular formula is C55H40N2. The van der Waals surface area contributed by atoms with E-state index in [1.165, 1.54) is 78.1 Å². The summed E-state index contributed by atoms with van der Waals surface area (Å²) in [6.45, 7) is 0. The van der Waals surface area contributed by atoms with Gasteiger partial charge in [-0.15, -0.1) is 0 Å². The first-order valence-electron chi connectivity index (χ1n) is 20.0. The first kappa shape index (κ1) is 33.2. The van der Waals surface area contributed by atoms with Gasteiger partial charge in [0.05, 0.1) is 10.9 Å². The molecule has 2 heteroatoms. The highest BCUT2D eigenvalue weighted by atomic mass is 15.2. The molecule has 0 fully saturated rings. The van der Waals surface area contributed by atoms with Crippen molar-refractivity contribution in [3.05, 3.63) is 252 Å². The van der Waals surface area contributed by atoms with E-state index >= 15 is 0 Å². The molecule has 9 aromatic rings. The van der Waals surface area contributed by atoms with E-state index in [2.05, 4.69) is 228 Å². The third-order valence-corrected chi connectivity index (χ3v) is 12.2. The summed E-state index contributed by atoms with van der Waals surface area (Å²) >= 11 is 0. The second kappa shape index (κ2) is 13.5. The number of para-hydroxylation sites is 3. The van der Waals surface area contributed by atoms with Crippen LogP contribution in [0.5, 0.6) is 0 Å². The van der Waals surface area contributed by atoms with Gasteiger partial charge in [-0.3, -0.25) is 0 Å². The van der Waals surface area contributed by atoms with Crippen molar-refractivity contribution in [2.24, 2.45) is 0 Å². The lowest BCUT2D eigenvalue weighted by atomic mass is 9.67. The van der Waals surface area contributed by atoms with Crippen LogP contribution in [0.15, 0.2) is 218 Å². The van der Waals surface area contributed by atoms with Gasteiger partial charge >= 0.3 is 0 Å². The number of rotatable bonds is 7. The van der Waals surface area contributed by atoms with Gasteiger partial charge in [0.25, 0.3) is 0 Å². The monoisotopic (exact) mass is 728 g/mol. The highest BCUT2D eigenvalue weighted by molar-refractivity contribution is 6.00. The first-order valence-corrected chi connectivity index (χ1v) is 20.0. The number of hydrogen-bond acceptors (Lipinski definition) is 1. The summed E-state index contributed by atoms with van der Waals surface area (Å²) in [5.74, 6) is 0. The Hall–Kier alpha value is -7.16. The summed E-state index contributed by atoms with van der Waals surface area (Å²) in [5, 5.41) is 1.27. The summed E-state index contributed by atoms with van der Waals surface area (Å²) in [4.78, 5) is 2.47. The Morgan fingerprint density at radius 1 is 0.439 bits per heavy atom. The minimum absolute atomic E-state index is 0.526. The highest BCUT2D eigenvalue weighted by Gasteiger charge is 2.47. The summed E-state index contributed by atoms with van der Waals surface area (Å²) in [5.41, 5.74) is 18.4. The molecule has 0 bridgehead atoms. The second-order valence-corrected chi connectivity index (χ2v) is 15.2. The van der Waals surface area contributed by atoms with E-state index < -0.39 is 5.41 Å². The Bertz CT molecular complexity index is 2900. The van der Waals surface area contributed by atoms with Crippen LogP contribution < -0.4 is 4.90 Å². The van der Waals surface area contributed by atoms with Crippen molar-refractivity contribution in [1.29, 1.82) is 0 Å². The van der Waals surface area contributed by atoms with Crippen LogP contribution in [0.25, 0.3) is 44.9 Å². The third kappa shape index (κ3) is 5.18. The average Bonchev–Trinajstić information content (AvgIpc) is 3.79. The Morgan fingerprint density at radius 2 is 0.982 bits per heavy atom. The zero-order valence-corrected chi connectivity index (χ0v) is 31.6. The van der Waals surface area contributed by atoms with Gasteiger partial charge in [-0.2, -0.15) is 0 Å². The fraction of sp³-hybridized carbons (Fsp3) is 0.0545. The van der Waals surface area contributed by atoms with E-state index in [0.717, 1.165) is 24.2 Å². The molecule has 1 heterocycles. The SMILES string of the molecule is C1=C(N(c2ccccc2)c2cccc(-c3ccccc3)c2)CCc2c1c1cccc(C3(c4ccccc4)c4ccccc4-c4ccccc43)c1n2-c1ccccc1.